The van der Waals surface area contributed by atoms with E-state index in [0.29, 0.717) is 5.56 Å². The van der Waals surface area contributed by atoms with Crippen molar-refractivity contribution in [3.63, 3.8) is 0 Å². The lowest BCUT2D eigenvalue weighted by Crippen LogP contribution is -2.24. The van der Waals surface area contributed by atoms with Gasteiger partial charge in [-0.1, -0.05) is 36.4 Å². The van der Waals surface area contributed by atoms with E-state index in [2.05, 4.69) is 10.5 Å². The first kappa shape index (κ1) is 16.2. The highest BCUT2D eigenvalue weighted by molar-refractivity contribution is 5.88. The molecule has 2 aromatic carbocycles. The Morgan fingerprint density at radius 2 is 1.87 bits per heavy atom. The van der Waals surface area contributed by atoms with E-state index in [1.807, 2.05) is 0 Å². The van der Waals surface area contributed by atoms with E-state index in [1.54, 1.807) is 6.07 Å². The molecule has 118 valence electrons. The van der Waals surface area contributed by atoms with Crippen molar-refractivity contribution in [1.29, 1.82) is 0 Å². The second-order valence-electron chi connectivity index (χ2n) is 4.42. The lowest BCUT2D eigenvalue weighted by molar-refractivity contribution is -0.255. The molecule has 6 nitrogen and oxygen atoms in total. The third-order valence-corrected chi connectivity index (χ3v) is 2.74. The first-order chi connectivity index (χ1) is 11.1. The Labute approximate surface area is 131 Å². The Balaban J connectivity index is 1.82. The van der Waals surface area contributed by atoms with E-state index in [4.69, 9.17) is 4.74 Å². The van der Waals surface area contributed by atoms with Crippen LogP contribution in [0.15, 0.2) is 53.6 Å². The summed E-state index contributed by atoms with van der Waals surface area (Å²) in [6.45, 7) is -0.387. The van der Waals surface area contributed by atoms with Crippen molar-refractivity contribution in [2.24, 2.45) is 5.10 Å². The molecule has 0 saturated carbocycles. The number of rotatable bonds is 6. The summed E-state index contributed by atoms with van der Waals surface area (Å²) >= 11 is 0. The fourth-order valence-electron chi connectivity index (χ4n) is 1.62. The largest absolute Gasteiger partial charge is 0.545 e. The number of carbonyl (C=O) groups is 2. The van der Waals surface area contributed by atoms with E-state index in [9.17, 15) is 19.1 Å². The number of hydrogen-bond donors (Lipinski definition) is 1. The van der Waals surface area contributed by atoms with E-state index < -0.39 is 17.7 Å². The topological polar surface area (TPSA) is 90.8 Å². The van der Waals surface area contributed by atoms with E-state index >= 15 is 0 Å². The lowest BCUT2D eigenvalue weighted by atomic mass is 10.1. The third-order valence-electron chi connectivity index (χ3n) is 2.74. The molecule has 0 bridgehead atoms. The van der Waals surface area contributed by atoms with Crippen LogP contribution in [-0.2, 0) is 4.79 Å². The van der Waals surface area contributed by atoms with Crippen LogP contribution in [0.5, 0.6) is 5.75 Å². The molecule has 0 aliphatic rings. The molecular weight excluding hydrogens is 303 g/mol. The zero-order valence-electron chi connectivity index (χ0n) is 11.9. The number of ether oxygens (including phenoxy) is 1. The highest BCUT2D eigenvalue weighted by Crippen LogP contribution is 2.14. The Bertz CT molecular complexity index is 729. The molecule has 0 spiro atoms. The molecule has 0 atom stereocenters. The molecule has 0 unspecified atom stereocenters. The van der Waals surface area contributed by atoms with Gasteiger partial charge in [-0.05, 0) is 23.3 Å². The van der Waals surface area contributed by atoms with Gasteiger partial charge in [-0.25, -0.2) is 9.82 Å². The van der Waals surface area contributed by atoms with Gasteiger partial charge < -0.3 is 14.6 Å². The van der Waals surface area contributed by atoms with Gasteiger partial charge in [0, 0.05) is 0 Å². The highest BCUT2D eigenvalue weighted by atomic mass is 19.1. The van der Waals surface area contributed by atoms with Gasteiger partial charge >= 0.3 is 0 Å². The van der Waals surface area contributed by atoms with Crippen LogP contribution in [0, 0.1) is 5.82 Å². The maximum Gasteiger partial charge on any atom is 0.277 e. The van der Waals surface area contributed by atoms with Crippen molar-refractivity contribution >= 4 is 18.1 Å². The van der Waals surface area contributed by atoms with Crippen LogP contribution in [0.4, 0.5) is 4.39 Å². The summed E-state index contributed by atoms with van der Waals surface area (Å²) in [5.41, 5.74) is 2.85. The number of carboxylic acids is 1. The summed E-state index contributed by atoms with van der Waals surface area (Å²) in [6, 6.07) is 11.5. The number of aromatic carboxylic acids is 1. The molecule has 2 aromatic rings. The van der Waals surface area contributed by atoms with Crippen LogP contribution in [0.25, 0.3) is 0 Å². The van der Waals surface area contributed by atoms with Crippen molar-refractivity contribution in [3.05, 3.63) is 65.5 Å². The van der Waals surface area contributed by atoms with Gasteiger partial charge in [-0.3, -0.25) is 4.79 Å². The van der Waals surface area contributed by atoms with Gasteiger partial charge in [0.15, 0.2) is 18.2 Å². The maximum atomic E-state index is 13.3. The fraction of sp³-hybridized carbons (Fsp3) is 0.0625. The minimum Gasteiger partial charge on any atom is -0.545 e. The first-order valence-corrected chi connectivity index (χ1v) is 6.57. The zero-order valence-corrected chi connectivity index (χ0v) is 11.9. The van der Waals surface area contributed by atoms with E-state index in [-0.39, 0.29) is 17.9 Å². The summed E-state index contributed by atoms with van der Waals surface area (Å²) in [7, 11) is 0. The van der Waals surface area contributed by atoms with Gasteiger partial charge in [0.25, 0.3) is 5.91 Å². The number of nitrogens with zero attached hydrogens (tertiary/aromatic N) is 1. The van der Waals surface area contributed by atoms with Gasteiger partial charge in [0.1, 0.15) is 0 Å². The predicted octanol–water partition coefficient (Wildman–Crippen LogP) is 0.718. The smallest absolute Gasteiger partial charge is 0.277 e. The molecule has 0 radical (unpaired) electrons. The normalized spacial score (nSPS) is 10.5. The molecular formula is C16H12FN2O4-. The molecule has 1 N–H and O–H groups in total. The summed E-state index contributed by atoms with van der Waals surface area (Å²) in [6.07, 6.45) is 1.33. The Morgan fingerprint density at radius 3 is 2.52 bits per heavy atom. The summed E-state index contributed by atoms with van der Waals surface area (Å²) in [5.74, 6) is -2.41. The molecule has 0 aliphatic heterocycles. The third kappa shape index (κ3) is 4.92. The number of carbonyl (C=O) groups excluding carboxylic acids is 2. The van der Waals surface area contributed by atoms with Crippen LogP contribution >= 0.6 is 0 Å². The van der Waals surface area contributed by atoms with E-state index in [1.165, 1.54) is 48.7 Å². The summed E-state index contributed by atoms with van der Waals surface area (Å²) in [5, 5.41) is 14.3. The van der Waals surface area contributed by atoms with Crippen LogP contribution < -0.4 is 15.3 Å². The molecule has 23 heavy (non-hydrogen) atoms. The van der Waals surface area contributed by atoms with Crippen molar-refractivity contribution in [2.45, 2.75) is 0 Å². The molecule has 0 saturated heterocycles. The number of hydrogen-bond acceptors (Lipinski definition) is 5. The maximum absolute atomic E-state index is 13.3. The molecule has 0 aromatic heterocycles. The number of amides is 1. The van der Waals surface area contributed by atoms with Crippen molar-refractivity contribution in [2.75, 3.05) is 6.61 Å². The minimum absolute atomic E-state index is 0.0236. The van der Waals surface area contributed by atoms with Crippen molar-refractivity contribution in [1.82, 2.24) is 5.43 Å². The van der Waals surface area contributed by atoms with Crippen LogP contribution in [0.2, 0.25) is 0 Å². The number of halogens is 1. The highest BCUT2D eigenvalue weighted by Gasteiger charge is 2.05. The minimum atomic E-state index is -1.27. The fourth-order valence-corrected chi connectivity index (χ4v) is 1.62. The average Bonchev–Trinajstić information content (AvgIpc) is 2.54. The summed E-state index contributed by atoms with van der Waals surface area (Å²) < 4.78 is 18.3. The number of para-hydroxylation sites is 1. The monoisotopic (exact) mass is 315 g/mol. The lowest BCUT2D eigenvalue weighted by Gasteiger charge is -2.05. The Morgan fingerprint density at radius 1 is 1.17 bits per heavy atom. The standard InChI is InChI=1S/C16H13FN2O4/c17-13-3-1-2-4-14(13)23-10-15(20)19-18-9-11-5-7-12(8-6-11)16(21)22/h1-9H,10H2,(H,19,20)(H,21,22)/p-1/b18-9-. The van der Waals surface area contributed by atoms with Gasteiger partial charge in [-0.15, -0.1) is 0 Å². The Kier molecular flexibility index (Phi) is 5.40. The van der Waals surface area contributed by atoms with Crippen molar-refractivity contribution < 1.29 is 23.8 Å². The zero-order chi connectivity index (χ0) is 16.7. The SMILES string of the molecule is O=C(COc1ccccc1F)N/N=C\c1ccc(C(=O)[O-])cc1. The van der Waals surface area contributed by atoms with Gasteiger partial charge in [0.2, 0.25) is 0 Å². The molecule has 0 fully saturated rings. The van der Waals surface area contributed by atoms with Crippen LogP contribution in [0.3, 0.4) is 0 Å². The Hall–Kier alpha value is -3.22. The first-order valence-electron chi connectivity index (χ1n) is 6.57. The average molecular weight is 315 g/mol. The molecule has 0 heterocycles. The second kappa shape index (κ2) is 7.69. The van der Waals surface area contributed by atoms with Crippen LogP contribution in [0.1, 0.15) is 15.9 Å². The molecule has 1 amide bonds. The molecule has 2 rings (SSSR count). The molecule has 0 aliphatic carbocycles. The van der Waals surface area contributed by atoms with Crippen LogP contribution in [-0.4, -0.2) is 24.7 Å². The quantitative estimate of drug-likeness (QED) is 0.628. The number of hydrazone groups is 1. The number of benzene rings is 2. The second-order valence-corrected chi connectivity index (χ2v) is 4.42. The summed E-state index contributed by atoms with van der Waals surface area (Å²) in [4.78, 5) is 22.1. The van der Waals surface area contributed by atoms with Crippen molar-refractivity contribution in [3.8, 4) is 5.75 Å². The van der Waals surface area contributed by atoms with E-state index in [0.717, 1.165) is 0 Å². The molecule has 7 heteroatoms. The number of carboxylic acid groups (broad SMARTS) is 1. The van der Waals surface area contributed by atoms with Gasteiger partial charge in [0.05, 0.1) is 12.2 Å². The number of nitrogens with one attached hydrogen (secondary N) is 1. The van der Waals surface area contributed by atoms with Gasteiger partial charge in [-0.2, -0.15) is 5.10 Å². The predicted molar refractivity (Wildman–Crippen MR) is 78.4 cm³/mol.